The zero-order valence-electron chi connectivity index (χ0n) is 10.8. The lowest BCUT2D eigenvalue weighted by molar-refractivity contribution is -0.148. The summed E-state index contributed by atoms with van der Waals surface area (Å²) in [4.78, 5) is 11.9. The van der Waals surface area contributed by atoms with Gasteiger partial charge in [-0.15, -0.1) is 0 Å². The molecule has 1 aliphatic carbocycles. The Morgan fingerprint density at radius 3 is 2.78 bits per heavy atom. The van der Waals surface area contributed by atoms with Crippen molar-refractivity contribution >= 4 is 5.97 Å². The van der Waals surface area contributed by atoms with Crippen molar-refractivity contribution in [2.45, 2.75) is 32.8 Å². The van der Waals surface area contributed by atoms with E-state index in [4.69, 9.17) is 4.74 Å². The predicted molar refractivity (Wildman–Crippen MR) is 71.9 cm³/mol. The van der Waals surface area contributed by atoms with Crippen molar-refractivity contribution in [3.63, 3.8) is 0 Å². The Balaban J connectivity index is 1.78. The van der Waals surface area contributed by atoms with Crippen LogP contribution >= 0.6 is 0 Å². The SMILES string of the molecule is CCCC1C=CC(C(=O)OCc2ccccc2)C1. The molecule has 0 amide bonds. The third-order valence-corrected chi connectivity index (χ3v) is 3.36. The van der Waals surface area contributed by atoms with Crippen LogP contribution in [0.15, 0.2) is 42.5 Å². The van der Waals surface area contributed by atoms with Crippen molar-refractivity contribution < 1.29 is 9.53 Å². The Morgan fingerprint density at radius 2 is 2.06 bits per heavy atom. The van der Waals surface area contributed by atoms with Gasteiger partial charge in [-0.05, 0) is 24.3 Å². The van der Waals surface area contributed by atoms with E-state index < -0.39 is 0 Å². The zero-order valence-corrected chi connectivity index (χ0v) is 10.8. The van der Waals surface area contributed by atoms with Crippen molar-refractivity contribution in [3.05, 3.63) is 48.0 Å². The molecule has 0 saturated carbocycles. The Hall–Kier alpha value is -1.57. The lowest BCUT2D eigenvalue weighted by Gasteiger charge is -2.11. The van der Waals surface area contributed by atoms with Crippen molar-refractivity contribution in [2.75, 3.05) is 0 Å². The second kappa shape index (κ2) is 6.39. The van der Waals surface area contributed by atoms with E-state index in [0.29, 0.717) is 12.5 Å². The first-order valence-corrected chi connectivity index (χ1v) is 6.68. The number of allylic oxidation sites excluding steroid dienone is 1. The molecule has 18 heavy (non-hydrogen) atoms. The van der Waals surface area contributed by atoms with Crippen molar-refractivity contribution in [2.24, 2.45) is 11.8 Å². The molecule has 1 aromatic carbocycles. The summed E-state index contributed by atoms with van der Waals surface area (Å²) in [6, 6.07) is 9.81. The highest BCUT2D eigenvalue weighted by Gasteiger charge is 2.25. The molecule has 1 aromatic rings. The molecule has 1 aliphatic rings. The van der Waals surface area contributed by atoms with Crippen LogP contribution in [0.5, 0.6) is 0 Å². The lowest BCUT2D eigenvalue weighted by atomic mass is 9.99. The molecule has 0 bridgehead atoms. The summed E-state index contributed by atoms with van der Waals surface area (Å²) in [6.07, 6.45) is 7.42. The molecule has 2 rings (SSSR count). The molecule has 2 atom stereocenters. The van der Waals surface area contributed by atoms with E-state index in [-0.39, 0.29) is 11.9 Å². The van der Waals surface area contributed by atoms with Crippen molar-refractivity contribution in [3.8, 4) is 0 Å². The molecule has 0 aromatic heterocycles. The van der Waals surface area contributed by atoms with Crippen LogP contribution in [0.3, 0.4) is 0 Å². The fraction of sp³-hybridized carbons (Fsp3) is 0.438. The molecule has 0 spiro atoms. The maximum absolute atomic E-state index is 11.9. The molecule has 0 radical (unpaired) electrons. The van der Waals surface area contributed by atoms with Crippen LogP contribution in [0.25, 0.3) is 0 Å². The van der Waals surface area contributed by atoms with Crippen LogP contribution in [0.4, 0.5) is 0 Å². The minimum atomic E-state index is -0.0892. The van der Waals surface area contributed by atoms with Crippen molar-refractivity contribution in [1.82, 2.24) is 0 Å². The summed E-state index contributed by atoms with van der Waals surface area (Å²) in [6.45, 7) is 2.55. The predicted octanol–water partition coefficient (Wildman–Crippen LogP) is 3.72. The van der Waals surface area contributed by atoms with E-state index in [9.17, 15) is 4.79 Å². The minimum Gasteiger partial charge on any atom is -0.460 e. The number of hydrogen-bond donors (Lipinski definition) is 0. The van der Waals surface area contributed by atoms with Crippen LogP contribution < -0.4 is 0 Å². The smallest absolute Gasteiger partial charge is 0.313 e. The summed E-state index contributed by atoms with van der Waals surface area (Å²) in [5, 5.41) is 0. The minimum absolute atomic E-state index is 0.0368. The molecular weight excluding hydrogens is 224 g/mol. The molecule has 2 heteroatoms. The first-order valence-electron chi connectivity index (χ1n) is 6.68. The maximum atomic E-state index is 11.9. The van der Waals surface area contributed by atoms with Gasteiger partial charge >= 0.3 is 5.97 Å². The van der Waals surface area contributed by atoms with Gasteiger partial charge in [-0.1, -0.05) is 55.8 Å². The summed E-state index contributed by atoms with van der Waals surface area (Å²) >= 11 is 0. The van der Waals surface area contributed by atoms with Gasteiger partial charge in [-0.3, -0.25) is 4.79 Å². The highest BCUT2D eigenvalue weighted by atomic mass is 16.5. The number of ether oxygens (including phenoxy) is 1. The molecule has 2 nitrogen and oxygen atoms in total. The molecule has 0 N–H and O–H groups in total. The summed E-state index contributed by atoms with van der Waals surface area (Å²) in [5.74, 6) is 0.434. The molecule has 0 aliphatic heterocycles. The fourth-order valence-corrected chi connectivity index (χ4v) is 2.37. The van der Waals surface area contributed by atoms with E-state index in [1.165, 1.54) is 12.8 Å². The van der Waals surface area contributed by atoms with Gasteiger partial charge < -0.3 is 4.74 Å². The third-order valence-electron chi connectivity index (χ3n) is 3.36. The fourth-order valence-electron chi connectivity index (χ4n) is 2.37. The van der Waals surface area contributed by atoms with Gasteiger partial charge in [0.05, 0.1) is 5.92 Å². The van der Waals surface area contributed by atoms with Gasteiger partial charge in [0.15, 0.2) is 0 Å². The number of carbonyl (C=O) groups is 1. The van der Waals surface area contributed by atoms with Gasteiger partial charge in [0.1, 0.15) is 6.61 Å². The maximum Gasteiger partial charge on any atom is 0.313 e. The Bertz CT molecular complexity index is 408. The van der Waals surface area contributed by atoms with Crippen molar-refractivity contribution in [1.29, 1.82) is 0 Å². The lowest BCUT2D eigenvalue weighted by Crippen LogP contribution is -2.15. The molecule has 0 saturated heterocycles. The Labute approximate surface area is 109 Å². The van der Waals surface area contributed by atoms with Crippen LogP contribution in [0.1, 0.15) is 31.7 Å². The molecular formula is C16H20O2. The molecule has 2 unspecified atom stereocenters. The first kappa shape index (κ1) is 12.9. The topological polar surface area (TPSA) is 26.3 Å². The number of carbonyl (C=O) groups excluding carboxylic acids is 1. The summed E-state index contributed by atoms with van der Waals surface area (Å²) in [5.41, 5.74) is 1.04. The average molecular weight is 244 g/mol. The highest BCUT2D eigenvalue weighted by molar-refractivity contribution is 5.75. The third kappa shape index (κ3) is 3.46. The van der Waals surface area contributed by atoms with Gasteiger partial charge in [0.2, 0.25) is 0 Å². The molecule has 0 fully saturated rings. The highest BCUT2D eigenvalue weighted by Crippen LogP contribution is 2.28. The quantitative estimate of drug-likeness (QED) is 0.583. The molecule has 0 heterocycles. The van der Waals surface area contributed by atoms with E-state index >= 15 is 0 Å². The summed E-state index contributed by atoms with van der Waals surface area (Å²) in [7, 11) is 0. The van der Waals surface area contributed by atoms with E-state index in [1.807, 2.05) is 36.4 Å². The van der Waals surface area contributed by atoms with Gasteiger partial charge in [0, 0.05) is 0 Å². The summed E-state index contributed by atoms with van der Waals surface area (Å²) < 4.78 is 5.35. The van der Waals surface area contributed by atoms with Crippen LogP contribution in [-0.4, -0.2) is 5.97 Å². The first-order chi connectivity index (χ1) is 8.79. The zero-order chi connectivity index (χ0) is 12.8. The second-order valence-electron chi connectivity index (χ2n) is 4.87. The normalized spacial score (nSPS) is 22.1. The average Bonchev–Trinajstić information content (AvgIpc) is 2.86. The Kier molecular flexibility index (Phi) is 4.57. The van der Waals surface area contributed by atoms with Gasteiger partial charge in [-0.25, -0.2) is 0 Å². The van der Waals surface area contributed by atoms with E-state index in [2.05, 4.69) is 13.0 Å². The largest absolute Gasteiger partial charge is 0.460 e. The van der Waals surface area contributed by atoms with Gasteiger partial charge in [-0.2, -0.15) is 0 Å². The second-order valence-corrected chi connectivity index (χ2v) is 4.87. The standard InChI is InChI=1S/C16H20O2/c1-2-6-13-9-10-15(11-13)16(17)18-12-14-7-4-3-5-8-14/h3-5,7-10,13,15H,2,6,11-12H2,1H3. The Morgan fingerprint density at radius 1 is 1.28 bits per heavy atom. The van der Waals surface area contributed by atoms with Crippen LogP contribution in [0, 0.1) is 11.8 Å². The monoisotopic (exact) mass is 244 g/mol. The van der Waals surface area contributed by atoms with Gasteiger partial charge in [0.25, 0.3) is 0 Å². The van der Waals surface area contributed by atoms with E-state index in [0.717, 1.165) is 12.0 Å². The number of hydrogen-bond acceptors (Lipinski definition) is 2. The van der Waals surface area contributed by atoms with E-state index in [1.54, 1.807) is 0 Å². The number of rotatable bonds is 5. The number of benzene rings is 1. The number of esters is 1. The van der Waals surface area contributed by atoms with Crippen LogP contribution in [-0.2, 0) is 16.1 Å². The molecule has 96 valence electrons. The van der Waals surface area contributed by atoms with Crippen LogP contribution in [0.2, 0.25) is 0 Å².